The van der Waals surface area contributed by atoms with Gasteiger partial charge in [0.25, 0.3) is 0 Å². The quantitative estimate of drug-likeness (QED) is 0.515. The van der Waals surface area contributed by atoms with E-state index in [-0.39, 0.29) is 22.8 Å². The molecular weight excluding hydrogens is 216 g/mol. The minimum Gasteiger partial charge on any atom is -0.431 e. The van der Waals surface area contributed by atoms with Gasteiger partial charge in [0, 0.05) is 5.92 Å². The van der Waals surface area contributed by atoms with E-state index in [0.717, 1.165) is 5.76 Å². The molecule has 2 atom stereocenters. The summed E-state index contributed by atoms with van der Waals surface area (Å²) >= 11 is 0. The monoisotopic (exact) mass is 240 g/mol. The van der Waals surface area contributed by atoms with Crippen LogP contribution in [-0.4, -0.2) is 14.0 Å². The Kier molecular flexibility index (Phi) is 3.39. The van der Waals surface area contributed by atoms with Crippen LogP contribution >= 0.6 is 0 Å². The Balaban J connectivity index is 2.99. The van der Waals surface area contributed by atoms with Gasteiger partial charge in [-0.3, -0.25) is 4.79 Å². The average Bonchev–Trinajstić information content (AvgIpc) is 2.31. The molecule has 3 heteroatoms. The van der Waals surface area contributed by atoms with Crippen molar-refractivity contribution in [1.29, 1.82) is 0 Å². The molecule has 0 aromatic carbocycles. The highest BCUT2D eigenvalue weighted by Crippen LogP contribution is 2.40. The largest absolute Gasteiger partial charge is 0.431 e. The van der Waals surface area contributed by atoms with Crippen LogP contribution in [0.25, 0.3) is 0 Å². The van der Waals surface area contributed by atoms with Crippen LogP contribution in [0.4, 0.5) is 0 Å². The Morgan fingerprint density at radius 1 is 1.19 bits per heavy atom. The number of rotatable bonds is 1. The number of ether oxygens (including phenoxy) is 1. The Bertz CT molecular complexity index is 323. The zero-order chi connectivity index (χ0) is 12.7. The minimum atomic E-state index is -1.51. The van der Waals surface area contributed by atoms with Crippen molar-refractivity contribution in [3.05, 3.63) is 11.5 Å². The summed E-state index contributed by atoms with van der Waals surface area (Å²) in [6, 6.07) is 0. The first-order valence-corrected chi connectivity index (χ1v) is 9.08. The third-order valence-electron chi connectivity index (χ3n) is 4.23. The molecule has 0 saturated carbocycles. The fourth-order valence-electron chi connectivity index (χ4n) is 1.49. The number of allylic oxidation sites excluding steroid dienone is 1. The summed E-state index contributed by atoms with van der Waals surface area (Å²) in [4.78, 5) is 11.5. The van der Waals surface area contributed by atoms with Gasteiger partial charge in [-0.15, -0.1) is 0 Å². The first-order chi connectivity index (χ1) is 7.06. The first kappa shape index (κ1) is 13.5. The maximum absolute atomic E-state index is 11.5. The van der Waals surface area contributed by atoms with Gasteiger partial charge < -0.3 is 4.74 Å². The zero-order valence-electron chi connectivity index (χ0n) is 11.5. The lowest BCUT2D eigenvalue weighted by atomic mass is 9.98. The third kappa shape index (κ3) is 2.39. The van der Waals surface area contributed by atoms with Crippen LogP contribution in [0.15, 0.2) is 11.5 Å². The summed E-state index contributed by atoms with van der Waals surface area (Å²) in [6.45, 7) is 15.5. The Morgan fingerprint density at radius 2 is 1.69 bits per heavy atom. The van der Waals surface area contributed by atoms with Crippen LogP contribution in [-0.2, 0) is 9.53 Å². The molecule has 92 valence electrons. The Morgan fingerprint density at radius 3 is 2.00 bits per heavy atom. The van der Waals surface area contributed by atoms with Crippen LogP contribution in [0.5, 0.6) is 0 Å². The molecule has 0 amide bonds. The SMILES string of the molecule is CC1C(=O)O/C(=C/[Si](C)(C)C(C)(C)C)C1C. The van der Waals surface area contributed by atoms with E-state index in [1.165, 1.54) is 0 Å². The van der Waals surface area contributed by atoms with Gasteiger partial charge in [-0.2, -0.15) is 0 Å². The van der Waals surface area contributed by atoms with Crippen molar-refractivity contribution in [2.24, 2.45) is 11.8 Å². The van der Waals surface area contributed by atoms with Crippen molar-refractivity contribution >= 4 is 14.0 Å². The van der Waals surface area contributed by atoms with E-state index in [1.54, 1.807) is 0 Å². The standard InChI is InChI=1S/C13H24O2Si/c1-9-10(2)12(14)15-11(9)8-16(6,7)13(3,4)5/h8-10H,1-7H3/b11-8+. The van der Waals surface area contributed by atoms with Crippen LogP contribution in [0.3, 0.4) is 0 Å². The van der Waals surface area contributed by atoms with Crippen molar-refractivity contribution in [1.82, 2.24) is 0 Å². The van der Waals surface area contributed by atoms with Crippen molar-refractivity contribution in [2.75, 3.05) is 0 Å². The molecule has 0 aliphatic carbocycles. The second-order valence-electron chi connectivity index (χ2n) is 6.52. The molecule has 2 nitrogen and oxygen atoms in total. The molecule has 1 saturated heterocycles. The number of carbonyl (C=O) groups is 1. The van der Waals surface area contributed by atoms with E-state index in [1.807, 2.05) is 6.92 Å². The second-order valence-corrected chi connectivity index (χ2v) is 11.7. The summed E-state index contributed by atoms with van der Waals surface area (Å²) in [5.41, 5.74) is 2.26. The van der Waals surface area contributed by atoms with Gasteiger partial charge in [-0.25, -0.2) is 0 Å². The first-order valence-electron chi connectivity index (χ1n) is 6.01. The molecular formula is C13H24O2Si. The number of carbonyl (C=O) groups excluding carboxylic acids is 1. The summed E-state index contributed by atoms with van der Waals surface area (Å²) < 4.78 is 5.37. The fourth-order valence-corrected chi connectivity index (χ4v) is 2.95. The van der Waals surface area contributed by atoms with Crippen LogP contribution in [0, 0.1) is 11.8 Å². The van der Waals surface area contributed by atoms with Crippen molar-refractivity contribution in [2.45, 2.75) is 52.8 Å². The van der Waals surface area contributed by atoms with Crippen LogP contribution in [0.2, 0.25) is 18.1 Å². The minimum absolute atomic E-state index is 0.0102. The van der Waals surface area contributed by atoms with Gasteiger partial charge in [0.05, 0.1) is 14.0 Å². The van der Waals surface area contributed by atoms with Crippen molar-refractivity contribution < 1.29 is 9.53 Å². The van der Waals surface area contributed by atoms with E-state index in [9.17, 15) is 4.79 Å². The van der Waals surface area contributed by atoms with E-state index >= 15 is 0 Å². The lowest BCUT2D eigenvalue weighted by Crippen LogP contribution is -2.35. The molecule has 0 N–H and O–H groups in total. The lowest BCUT2D eigenvalue weighted by Gasteiger charge is -2.34. The predicted octanol–water partition coefficient (Wildman–Crippen LogP) is 3.75. The zero-order valence-corrected chi connectivity index (χ0v) is 12.5. The molecule has 0 aromatic rings. The maximum Gasteiger partial charge on any atom is 0.314 e. The number of hydrogen-bond acceptors (Lipinski definition) is 2. The third-order valence-corrected chi connectivity index (χ3v) is 9.10. The number of hydrogen-bond donors (Lipinski definition) is 0. The highest BCUT2D eigenvalue weighted by atomic mass is 28.3. The molecule has 2 unspecified atom stereocenters. The number of cyclic esters (lactones) is 1. The van der Waals surface area contributed by atoms with Gasteiger partial charge >= 0.3 is 5.97 Å². The molecule has 1 rings (SSSR count). The summed E-state index contributed by atoms with van der Waals surface area (Å²) in [5, 5.41) is 0.290. The van der Waals surface area contributed by atoms with Crippen LogP contribution in [0.1, 0.15) is 34.6 Å². The topological polar surface area (TPSA) is 26.3 Å². The van der Waals surface area contributed by atoms with Gasteiger partial charge in [-0.05, 0) is 5.04 Å². The molecule has 1 fully saturated rings. The Hall–Kier alpha value is -0.573. The Labute approximate surface area is 100 Å². The predicted molar refractivity (Wildman–Crippen MR) is 69.7 cm³/mol. The van der Waals surface area contributed by atoms with Gasteiger partial charge in [-0.1, -0.05) is 53.4 Å². The fraction of sp³-hybridized carbons (Fsp3) is 0.769. The highest BCUT2D eigenvalue weighted by molar-refractivity contribution is 6.84. The molecule has 1 heterocycles. The normalized spacial score (nSPS) is 29.7. The summed E-state index contributed by atoms with van der Waals surface area (Å²) in [5.74, 6) is 1.08. The molecule has 0 spiro atoms. The summed E-state index contributed by atoms with van der Waals surface area (Å²) in [7, 11) is -1.51. The van der Waals surface area contributed by atoms with Crippen molar-refractivity contribution in [3.63, 3.8) is 0 Å². The molecule has 16 heavy (non-hydrogen) atoms. The average molecular weight is 240 g/mol. The second kappa shape index (κ2) is 4.02. The summed E-state index contributed by atoms with van der Waals surface area (Å²) in [6.07, 6.45) is 0. The van der Waals surface area contributed by atoms with Gasteiger partial charge in [0.15, 0.2) is 0 Å². The molecule has 1 aliphatic heterocycles. The maximum atomic E-state index is 11.5. The molecule has 0 bridgehead atoms. The van der Waals surface area contributed by atoms with E-state index in [2.05, 4.69) is 46.5 Å². The van der Waals surface area contributed by atoms with Crippen molar-refractivity contribution in [3.8, 4) is 0 Å². The van der Waals surface area contributed by atoms with E-state index < -0.39 is 8.07 Å². The molecule has 0 radical (unpaired) electrons. The molecule has 1 aliphatic rings. The smallest absolute Gasteiger partial charge is 0.314 e. The molecule has 0 aromatic heterocycles. The highest BCUT2D eigenvalue weighted by Gasteiger charge is 2.39. The van der Waals surface area contributed by atoms with Gasteiger partial charge in [0.1, 0.15) is 5.76 Å². The van der Waals surface area contributed by atoms with Crippen LogP contribution < -0.4 is 0 Å². The van der Waals surface area contributed by atoms with Gasteiger partial charge in [0.2, 0.25) is 0 Å². The number of esters is 1. The van der Waals surface area contributed by atoms with E-state index in [4.69, 9.17) is 4.74 Å². The van der Waals surface area contributed by atoms with E-state index in [0.29, 0.717) is 0 Å². The lowest BCUT2D eigenvalue weighted by molar-refractivity contribution is -0.138.